The summed E-state index contributed by atoms with van der Waals surface area (Å²) in [7, 11) is 3.81. The number of hydrogen-bond acceptors (Lipinski definition) is 2. The van der Waals surface area contributed by atoms with Crippen LogP contribution in [0.5, 0.6) is 0 Å². The summed E-state index contributed by atoms with van der Waals surface area (Å²) in [5, 5.41) is 0. The van der Waals surface area contributed by atoms with E-state index in [0.717, 1.165) is 26.1 Å². The summed E-state index contributed by atoms with van der Waals surface area (Å²) in [4.78, 5) is 2.21. The second-order valence-electron chi connectivity index (χ2n) is 2.40. The first-order valence-electron chi connectivity index (χ1n) is 3.59. The molecule has 0 amide bonds. The first kappa shape index (κ1) is 9.66. The lowest BCUT2D eigenvalue weighted by atomic mass is 10.4. The van der Waals surface area contributed by atoms with E-state index in [1.165, 1.54) is 0 Å². The fourth-order valence-corrected chi connectivity index (χ4v) is 0.790. The van der Waals surface area contributed by atoms with Crippen molar-refractivity contribution in [3.63, 3.8) is 0 Å². The predicted molar refractivity (Wildman–Crippen MR) is 44.2 cm³/mol. The number of nitrogens with zero attached hydrogens (tertiary/aromatic N) is 1. The van der Waals surface area contributed by atoms with Crippen molar-refractivity contribution in [2.24, 2.45) is 0 Å². The fourth-order valence-electron chi connectivity index (χ4n) is 0.790. The van der Waals surface area contributed by atoms with Crippen molar-refractivity contribution in [2.45, 2.75) is 6.42 Å². The average molecular weight is 143 g/mol. The lowest BCUT2D eigenvalue weighted by Crippen LogP contribution is -2.20. The molecule has 0 atom stereocenters. The Labute approximate surface area is 63.5 Å². The molecule has 0 aliphatic rings. The summed E-state index contributed by atoms with van der Waals surface area (Å²) in [6.07, 6.45) is 3.01. The van der Waals surface area contributed by atoms with Gasteiger partial charge in [0.2, 0.25) is 0 Å². The Balaban J connectivity index is 3.04. The van der Waals surface area contributed by atoms with E-state index in [0.29, 0.717) is 0 Å². The van der Waals surface area contributed by atoms with Crippen molar-refractivity contribution in [2.75, 3.05) is 33.9 Å². The van der Waals surface area contributed by atoms with Crippen molar-refractivity contribution >= 4 is 0 Å². The van der Waals surface area contributed by atoms with Crippen LogP contribution in [0.3, 0.4) is 0 Å². The quantitative estimate of drug-likeness (QED) is 0.408. The smallest absolute Gasteiger partial charge is 0.0474 e. The highest BCUT2D eigenvalue weighted by molar-refractivity contribution is 4.70. The second kappa shape index (κ2) is 6.78. The minimum Gasteiger partial charge on any atom is -0.385 e. The van der Waals surface area contributed by atoms with E-state index < -0.39 is 0 Å². The lowest BCUT2D eigenvalue weighted by molar-refractivity contribution is 0.182. The Morgan fingerprint density at radius 2 is 2.30 bits per heavy atom. The third-order valence-corrected chi connectivity index (χ3v) is 1.33. The Morgan fingerprint density at radius 1 is 1.60 bits per heavy atom. The van der Waals surface area contributed by atoms with Gasteiger partial charge >= 0.3 is 0 Å². The molecule has 0 aromatic rings. The summed E-state index contributed by atoms with van der Waals surface area (Å²) >= 11 is 0. The molecule has 0 saturated heterocycles. The van der Waals surface area contributed by atoms with E-state index >= 15 is 0 Å². The SMILES string of the molecule is C=CCN(C)CCCOC. The highest BCUT2D eigenvalue weighted by Crippen LogP contribution is 1.86. The summed E-state index contributed by atoms with van der Waals surface area (Å²) in [6.45, 7) is 6.55. The molecule has 0 rings (SSSR count). The van der Waals surface area contributed by atoms with Crippen LogP contribution in [0, 0.1) is 0 Å². The van der Waals surface area contributed by atoms with Gasteiger partial charge in [-0.1, -0.05) is 6.08 Å². The van der Waals surface area contributed by atoms with Gasteiger partial charge in [0.05, 0.1) is 0 Å². The Morgan fingerprint density at radius 3 is 2.80 bits per heavy atom. The number of ether oxygens (including phenoxy) is 1. The molecule has 0 fully saturated rings. The van der Waals surface area contributed by atoms with Gasteiger partial charge in [-0.25, -0.2) is 0 Å². The minimum atomic E-state index is 0.849. The zero-order valence-electron chi connectivity index (χ0n) is 6.97. The van der Waals surface area contributed by atoms with Crippen molar-refractivity contribution in [3.05, 3.63) is 12.7 Å². The van der Waals surface area contributed by atoms with Gasteiger partial charge in [0.1, 0.15) is 0 Å². The Bertz CT molecular complexity index is 83.3. The summed E-state index contributed by atoms with van der Waals surface area (Å²) < 4.78 is 4.92. The normalized spacial score (nSPS) is 10.3. The van der Waals surface area contributed by atoms with Crippen LogP contribution < -0.4 is 0 Å². The molecule has 0 heterocycles. The monoisotopic (exact) mass is 143 g/mol. The van der Waals surface area contributed by atoms with Gasteiger partial charge in [0.25, 0.3) is 0 Å². The molecule has 2 nitrogen and oxygen atoms in total. The molecule has 0 aromatic heterocycles. The van der Waals surface area contributed by atoms with Crippen LogP contribution in [-0.2, 0) is 4.74 Å². The van der Waals surface area contributed by atoms with Gasteiger partial charge in [0, 0.05) is 26.8 Å². The minimum absolute atomic E-state index is 0.849. The molecule has 0 saturated carbocycles. The Hall–Kier alpha value is -0.340. The van der Waals surface area contributed by atoms with E-state index in [4.69, 9.17) is 4.74 Å². The summed E-state index contributed by atoms with van der Waals surface area (Å²) in [5.74, 6) is 0. The summed E-state index contributed by atoms with van der Waals surface area (Å²) in [6, 6.07) is 0. The van der Waals surface area contributed by atoms with Crippen LogP contribution in [0.25, 0.3) is 0 Å². The van der Waals surface area contributed by atoms with E-state index in [9.17, 15) is 0 Å². The summed E-state index contributed by atoms with van der Waals surface area (Å²) in [5.41, 5.74) is 0. The van der Waals surface area contributed by atoms with E-state index in [-0.39, 0.29) is 0 Å². The molecule has 0 unspecified atom stereocenters. The van der Waals surface area contributed by atoms with E-state index in [1.807, 2.05) is 6.08 Å². The maximum absolute atomic E-state index is 4.92. The van der Waals surface area contributed by atoms with Gasteiger partial charge in [-0.15, -0.1) is 6.58 Å². The topological polar surface area (TPSA) is 12.5 Å². The average Bonchev–Trinajstić information content (AvgIpc) is 1.89. The maximum atomic E-state index is 4.92. The third kappa shape index (κ3) is 5.79. The number of likely N-dealkylation sites (N-methyl/N-ethyl adjacent to an activating group) is 1. The largest absolute Gasteiger partial charge is 0.385 e. The third-order valence-electron chi connectivity index (χ3n) is 1.33. The molecule has 60 valence electrons. The standard InChI is InChI=1S/C8H17NO/c1-4-6-9(2)7-5-8-10-3/h4H,1,5-8H2,2-3H3. The van der Waals surface area contributed by atoms with Gasteiger partial charge in [-0.2, -0.15) is 0 Å². The van der Waals surface area contributed by atoms with Crippen LogP contribution >= 0.6 is 0 Å². The molecule has 2 heteroatoms. The van der Waals surface area contributed by atoms with Crippen molar-refractivity contribution in [1.29, 1.82) is 0 Å². The zero-order chi connectivity index (χ0) is 7.82. The molecule has 10 heavy (non-hydrogen) atoms. The van der Waals surface area contributed by atoms with Gasteiger partial charge in [-0.3, -0.25) is 0 Å². The maximum Gasteiger partial charge on any atom is 0.0474 e. The van der Waals surface area contributed by atoms with Crippen LogP contribution in [0.2, 0.25) is 0 Å². The van der Waals surface area contributed by atoms with Gasteiger partial charge < -0.3 is 9.64 Å². The molecule has 0 spiro atoms. The van der Waals surface area contributed by atoms with Crippen LogP contribution in [0.4, 0.5) is 0 Å². The molecule has 0 radical (unpaired) electrons. The number of methoxy groups -OCH3 is 1. The van der Waals surface area contributed by atoms with Gasteiger partial charge in [-0.05, 0) is 13.5 Å². The van der Waals surface area contributed by atoms with Crippen LogP contribution in [0.1, 0.15) is 6.42 Å². The van der Waals surface area contributed by atoms with Crippen molar-refractivity contribution in [1.82, 2.24) is 4.90 Å². The fraction of sp³-hybridized carbons (Fsp3) is 0.750. The van der Waals surface area contributed by atoms with E-state index in [1.54, 1.807) is 7.11 Å². The highest BCUT2D eigenvalue weighted by Gasteiger charge is 1.92. The first-order chi connectivity index (χ1) is 4.81. The second-order valence-corrected chi connectivity index (χ2v) is 2.40. The molecule has 0 aliphatic heterocycles. The first-order valence-corrected chi connectivity index (χ1v) is 3.59. The van der Waals surface area contributed by atoms with Crippen LogP contribution in [-0.4, -0.2) is 38.8 Å². The molecule has 0 aromatic carbocycles. The molecule has 0 N–H and O–H groups in total. The van der Waals surface area contributed by atoms with Gasteiger partial charge in [0.15, 0.2) is 0 Å². The van der Waals surface area contributed by atoms with Crippen LogP contribution in [0.15, 0.2) is 12.7 Å². The molecular formula is C8H17NO. The number of hydrogen-bond donors (Lipinski definition) is 0. The van der Waals surface area contributed by atoms with Crippen molar-refractivity contribution < 1.29 is 4.74 Å². The van der Waals surface area contributed by atoms with Crippen molar-refractivity contribution in [3.8, 4) is 0 Å². The molecule has 0 bridgehead atoms. The molecule has 0 aliphatic carbocycles. The highest BCUT2D eigenvalue weighted by atomic mass is 16.5. The predicted octanol–water partition coefficient (Wildman–Crippen LogP) is 1.14. The number of rotatable bonds is 6. The Kier molecular flexibility index (Phi) is 6.55. The molecular weight excluding hydrogens is 126 g/mol. The zero-order valence-corrected chi connectivity index (χ0v) is 6.97. The van der Waals surface area contributed by atoms with E-state index in [2.05, 4.69) is 18.5 Å². The lowest BCUT2D eigenvalue weighted by Gasteiger charge is -2.12.